The zero-order chi connectivity index (χ0) is 27.0. The van der Waals surface area contributed by atoms with Gasteiger partial charge in [0.2, 0.25) is 0 Å². The molecule has 9 heteroatoms. The van der Waals surface area contributed by atoms with Crippen LogP contribution in [0.15, 0.2) is 87.3 Å². The number of imide groups is 2. The third-order valence-electron chi connectivity index (χ3n) is 6.17. The lowest BCUT2D eigenvalue weighted by atomic mass is 10.0. The molecule has 4 amide bonds. The molecule has 0 atom stereocenters. The number of anilines is 1. The maximum absolute atomic E-state index is 13.5. The number of urea groups is 1. The van der Waals surface area contributed by atoms with E-state index in [2.05, 4.69) is 37.2 Å². The molecule has 1 saturated heterocycles. The standard InChI is InChI=1S/C29H19Br2ClN2O4/c1-16-24(32)10-5-11-25(16)34-28(36)22(27(35)33-29(34)37)13-19-12-20(30)14-23(31)26(19)38-15-18-8-4-7-17-6-2-3-9-21(17)18/h2-14H,15H2,1H3,(H,33,35,37)/b22-13+. The second-order valence-corrected chi connectivity index (χ2v) is 10.8. The van der Waals surface area contributed by atoms with Crippen molar-refractivity contribution in [3.63, 3.8) is 0 Å². The summed E-state index contributed by atoms with van der Waals surface area (Å²) < 4.78 is 7.57. The van der Waals surface area contributed by atoms with Gasteiger partial charge in [-0.25, -0.2) is 9.69 Å². The molecule has 190 valence electrons. The molecule has 38 heavy (non-hydrogen) atoms. The van der Waals surface area contributed by atoms with Crippen LogP contribution >= 0.6 is 43.5 Å². The smallest absolute Gasteiger partial charge is 0.335 e. The summed E-state index contributed by atoms with van der Waals surface area (Å²) in [5.74, 6) is -1.12. The van der Waals surface area contributed by atoms with E-state index in [4.69, 9.17) is 16.3 Å². The molecule has 0 saturated carbocycles. The average Bonchev–Trinajstić information content (AvgIpc) is 2.88. The van der Waals surface area contributed by atoms with Crippen molar-refractivity contribution in [3.05, 3.63) is 109 Å². The quantitative estimate of drug-likeness (QED) is 0.178. The number of nitrogens with one attached hydrogen (secondary N) is 1. The molecule has 4 aromatic carbocycles. The van der Waals surface area contributed by atoms with E-state index in [9.17, 15) is 14.4 Å². The fourth-order valence-corrected chi connectivity index (χ4v) is 5.82. The number of halogens is 3. The van der Waals surface area contributed by atoms with E-state index in [-0.39, 0.29) is 12.2 Å². The molecule has 0 bridgehead atoms. The summed E-state index contributed by atoms with van der Waals surface area (Å²) >= 11 is 13.2. The van der Waals surface area contributed by atoms with Gasteiger partial charge in [0.05, 0.1) is 10.2 Å². The van der Waals surface area contributed by atoms with Gasteiger partial charge in [-0.05, 0) is 75.1 Å². The molecule has 1 aliphatic rings. The van der Waals surface area contributed by atoms with Crippen LogP contribution in [0.5, 0.6) is 5.75 Å². The highest BCUT2D eigenvalue weighted by Crippen LogP contribution is 2.36. The number of nitrogens with zero attached hydrogens (tertiary/aromatic N) is 1. The molecule has 0 radical (unpaired) electrons. The molecule has 0 aliphatic carbocycles. The largest absolute Gasteiger partial charge is 0.487 e. The van der Waals surface area contributed by atoms with Crippen molar-refractivity contribution in [2.75, 3.05) is 4.90 Å². The van der Waals surface area contributed by atoms with Gasteiger partial charge >= 0.3 is 6.03 Å². The van der Waals surface area contributed by atoms with Gasteiger partial charge in [0, 0.05) is 15.1 Å². The zero-order valence-corrected chi connectivity index (χ0v) is 23.9. The first-order valence-electron chi connectivity index (χ1n) is 11.5. The molecule has 4 aromatic rings. The predicted octanol–water partition coefficient (Wildman–Crippen LogP) is 7.57. The number of benzene rings is 4. The van der Waals surface area contributed by atoms with Crippen LogP contribution in [-0.2, 0) is 16.2 Å². The SMILES string of the molecule is Cc1c(Cl)cccc1N1C(=O)NC(=O)/C(=C\c2cc(Br)cc(Br)c2OCc2cccc3ccccc23)C1=O. The molecule has 1 N–H and O–H groups in total. The molecule has 0 unspecified atom stereocenters. The number of hydrogen-bond donors (Lipinski definition) is 1. The molecule has 1 heterocycles. The lowest BCUT2D eigenvalue weighted by Crippen LogP contribution is -2.54. The molecular weight excluding hydrogens is 636 g/mol. The number of fused-ring (bicyclic) bond motifs is 1. The lowest BCUT2D eigenvalue weighted by Gasteiger charge is -2.28. The minimum atomic E-state index is -0.842. The minimum Gasteiger partial charge on any atom is -0.487 e. The summed E-state index contributed by atoms with van der Waals surface area (Å²) in [6, 6.07) is 21.6. The number of carbonyl (C=O) groups excluding carboxylic acids is 3. The van der Waals surface area contributed by atoms with Crippen LogP contribution in [-0.4, -0.2) is 17.8 Å². The Hall–Kier alpha value is -3.46. The van der Waals surface area contributed by atoms with Gasteiger partial charge in [0.25, 0.3) is 11.8 Å². The van der Waals surface area contributed by atoms with E-state index >= 15 is 0 Å². The van der Waals surface area contributed by atoms with Crippen molar-refractivity contribution in [1.82, 2.24) is 5.32 Å². The van der Waals surface area contributed by atoms with Gasteiger partial charge in [-0.3, -0.25) is 14.9 Å². The molecule has 1 aliphatic heterocycles. The molecule has 1 fully saturated rings. The highest BCUT2D eigenvalue weighted by Gasteiger charge is 2.38. The van der Waals surface area contributed by atoms with Crippen LogP contribution < -0.4 is 15.0 Å². The minimum absolute atomic E-state index is 0.219. The van der Waals surface area contributed by atoms with Crippen LogP contribution in [0.2, 0.25) is 5.02 Å². The van der Waals surface area contributed by atoms with E-state index in [1.807, 2.05) is 48.5 Å². The fourth-order valence-electron chi connectivity index (χ4n) is 4.28. The van der Waals surface area contributed by atoms with Crippen molar-refractivity contribution in [2.45, 2.75) is 13.5 Å². The first kappa shape index (κ1) is 26.2. The van der Waals surface area contributed by atoms with Gasteiger partial charge in [0.1, 0.15) is 17.9 Å². The van der Waals surface area contributed by atoms with Crippen molar-refractivity contribution in [1.29, 1.82) is 0 Å². The highest BCUT2D eigenvalue weighted by molar-refractivity contribution is 9.11. The Balaban J connectivity index is 1.54. The summed E-state index contributed by atoms with van der Waals surface area (Å²) in [5, 5.41) is 4.81. The fraction of sp³-hybridized carbons (Fsp3) is 0.0690. The molecular formula is C29H19Br2ClN2O4. The van der Waals surface area contributed by atoms with E-state index < -0.39 is 17.8 Å². The number of ether oxygens (including phenoxy) is 1. The predicted molar refractivity (Wildman–Crippen MR) is 155 cm³/mol. The Labute approximate surface area is 240 Å². The second kappa shape index (κ2) is 10.7. The van der Waals surface area contributed by atoms with Gasteiger partial charge in [-0.2, -0.15) is 0 Å². The third-order valence-corrected chi connectivity index (χ3v) is 7.63. The van der Waals surface area contributed by atoms with Crippen molar-refractivity contribution in [2.24, 2.45) is 0 Å². The van der Waals surface area contributed by atoms with Crippen LogP contribution in [0.3, 0.4) is 0 Å². The molecule has 0 aromatic heterocycles. The summed E-state index contributed by atoms with van der Waals surface area (Å²) in [4.78, 5) is 39.9. The number of hydrogen-bond acceptors (Lipinski definition) is 4. The van der Waals surface area contributed by atoms with E-state index in [1.165, 1.54) is 6.08 Å². The van der Waals surface area contributed by atoms with Crippen molar-refractivity contribution >= 4 is 83.8 Å². The Morgan fingerprint density at radius 3 is 2.53 bits per heavy atom. The monoisotopic (exact) mass is 652 g/mol. The van der Waals surface area contributed by atoms with Crippen LogP contribution in [0.4, 0.5) is 10.5 Å². The summed E-state index contributed by atoms with van der Waals surface area (Å²) in [6.07, 6.45) is 1.42. The molecule has 5 rings (SSSR count). The first-order valence-corrected chi connectivity index (χ1v) is 13.5. The van der Waals surface area contributed by atoms with Crippen LogP contribution in [0.1, 0.15) is 16.7 Å². The highest BCUT2D eigenvalue weighted by atomic mass is 79.9. The maximum Gasteiger partial charge on any atom is 0.335 e. The molecule has 6 nitrogen and oxygen atoms in total. The molecule has 0 spiro atoms. The second-order valence-electron chi connectivity index (χ2n) is 8.57. The Morgan fingerprint density at radius 2 is 1.71 bits per heavy atom. The average molecular weight is 655 g/mol. The van der Waals surface area contributed by atoms with E-state index in [0.717, 1.165) is 21.2 Å². The lowest BCUT2D eigenvalue weighted by molar-refractivity contribution is -0.122. The van der Waals surface area contributed by atoms with Gasteiger partial charge in [-0.1, -0.05) is 76.1 Å². The number of amides is 4. The Morgan fingerprint density at radius 1 is 0.974 bits per heavy atom. The number of rotatable bonds is 5. The summed E-state index contributed by atoms with van der Waals surface area (Å²) in [5.41, 5.74) is 2.07. The van der Waals surface area contributed by atoms with Gasteiger partial charge in [0.15, 0.2) is 0 Å². The number of barbiturate groups is 1. The Bertz CT molecular complexity index is 1660. The van der Waals surface area contributed by atoms with Gasteiger partial charge in [-0.15, -0.1) is 0 Å². The first-order chi connectivity index (χ1) is 18.2. The Kier molecular flexibility index (Phi) is 7.38. The summed E-state index contributed by atoms with van der Waals surface area (Å²) in [7, 11) is 0. The van der Waals surface area contributed by atoms with Gasteiger partial charge < -0.3 is 4.74 Å². The van der Waals surface area contributed by atoms with Crippen LogP contribution in [0.25, 0.3) is 16.8 Å². The topological polar surface area (TPSA) is 75.7 Å². The zero-order valence-electron chi connectivity index (χ0n) is 19.9. The van der Waals surface area contributed by atoms with E-state index in [0.29, 0.717) is 36.5 Å². The van der Waals surface area contributed by atoms with Crippen molar-refractivity contribution < 1.29 is 19.1 Å². The maximum atomic E-state index is 13.5. The van der Waals surface area contributed by atoms with Crippen LogP contribution in [0, 0.1) is 6.92 Å². The number of carbonyl (C=O) groups is 3. The normalized spacial score (nSPS) is 14.8. The third kappa shape index (κ3) is 4.99. The van der Waals surface area contributed by atoms with E-state index in [1.54, 1.807) is 31.2 Å². The summed E-state index contributed by atoms with van der Waals surface area (Å²) in [6.45, 7) is 1.95. The van der Waals surface area contributed by atoms with Crippen molar-refractivity contribution in [3.8, 4) is 5.75 Å².